The molecule has 0 rings (SSSR count). The third kappa shape index (κ3) is 62.0. The van der Waals surface area contributed by atoms with Crippen molar-refractivity contribution in [2.24, 2.45) is 0 Å². The highest BCUT2D eigenvalue weighted by molar-refractivity contribution is 5.71. The van der Waals surface area contributed by atoms with Crippen molar-refractivity contribution in [1.29, 1.82) is 0 Å². The Bertz CT molecular complexity index is 1700. The van der Waals surface area contributed by atoms with Crippen LogP contribution in [0.2, 0.25) is 0 Å². The van der Waals surface area contributed by atoms with Gasteiger partial charge in [0, 0.05) is 19.3 Å². The molecule has 0 aromatic rings. The molecule has 0 radical (unpaired) electrons. The molecule has 1 unspecified atom stereocenters. The Kier molecular flexibility index (Phi) is 59.9. The van der Waals surface area contributed by atoms with Gasteiger partial charge in [0.1, 0.15) is 13.2 Å². The van der Waals surface area contributed by atoms with Gasteiger partial charge < -0.3 is 14.2 Å². The summed E-state index contributed by atoms with van der Waals surface area (Å²) in [7, 11) is 0. The lowest BCUT2D eigenvalue weighted by Gasteiger charge is -2.18. The standard InChI is InChI=1S/C71H114O6/c1-4-7-10-13-16-18-20-22-24-26-27-28-29-30-31-32-33-34-35-36-37-38-39-40-41-42-43-45-46-48-50-52-55-58-61-64-70(73)76-67-68(66-75-69(72)63-60-57-54-15-12-9-6-3)77-71(74)65-62-59-56-53-51-49-47-44-25-23-21-19-17-14-11-8-5-2/h7-8,10-11,16-19,22-25,27-28,30-31,33-34,36-37,39-40,47,49,68H,4-6,9,12-15,20-21,26,29,32,35,38,41-46,48,50-67H2,1-3H3/b10-7-,11-8-,18-16-,19-17-,24-22-,25-23-,28-27-,31-30-,34-33-,37-36-,40-39-,49-47-. The summed E-state index contributed by atoms with van der Waals surface area (Å²) in [6, 6.07) is 0. The van der Waals surface area contributed by atoms with Crippen molar-refractivity contribution < 1.29 is 28.6 Å². The van der Waals surface area contributed by atoms with E-state index in [9.17, 15) is 14.4 Å². The van der Waals surface area contributed by atoms with Gasteiger partial charge >= 0.3 is 17.9 Å². The average Bonchev–Trinajstić information content (AvgIpc) is 3.43. The Balaban J connectivity index is 4.14. The van der Waals surface area contributed by atoms with E-state index >= 15 is 0 Å². The van der Waals surface area contributed by atoms with Crippen molar-refractivity contribution in [3.8, 4) is 0 Å². The van der Waals surface area contributed by atoms with Crippen molar-refractivity contribution in [3.63, 3.8) is 0 Å². The number of hydrogen-bond acceptors (Lipinski definition) is 6. The first-order valence-corrected chi connectivity index (χ1v) is 31.3. The highest BCUT2D eigenvalue weighted by atomic mass is 16.6. The minimum Gasteiger partial charge on any atom is -0.462 e. The van der Waals surface area contributed by atoms with Gasteiger partial charge in [-0.2, -0.15) is 0 Å². The molecule has 0 amide bonds. The average molecular weight is 1060 g/mol. The summed E-state index contributed by atoms with van der Waals surface area (Å²) < 4.78 is 16.8. The van der Waals surface area contributed by atoms with Gasteiger partial charge in [-0.25, -0.2) is 0 Å². The molecule has 0 saturated heterocycles. The van der Waals surface area contributed by atoms with Crippen LogP contribution in [0.5, 0.6) is 0 Å². The van der Waals surface area contributed by atoms with Gasteiger partial charge in [0.15, 0.2) is 6.10 Å². The molecular weight excluding hydrogens is 949 g/mol. The maximum absolute atomic E-state index is 12.8. The van der Waals surface area contributed by atoms with Crippen LogP contribution < -0.4 is 0 Å². The fraction of sp³-hybridized carbons (Fsp3) is 0.620. The van der Waals surface area contributed by atoms with Crippen LogP contribution in [0.25, 0.3) is 0 Å². The van der Waals surface area contributed by atoms with Crippen molar-refractivity contribution in [2.45, 2.75) is 271 Å². The first kappa shape index (κ1) is 72.3. The molecule has 0 aliphatic carbocycles. The van der Waals surface area contributed by atoms with Crippen molar-refractivity contribution in [1.82, 2.24) is 0 Å². The normalized spacial score (nSPS) is 13.1. The monoisotopic (exact) mass is 1060 g/mol. The second-order valence-corrected chi connectivity index (χ2v) is 20.2. The van der Waals surface area contributed by atoms with E-state index in [2.05, 4.69) is 167 Å². The van der Waals surface area contributed by atoms with Crippen LogP contribution in [-0.4, -0.2) is 37.2 Å². The van der Waals surface area contributed by atoms with E-state index in [1.54, 1.807) is 0 Å². The topological polar surface area (TPSA) is 78.9 Å². The number of carbonyl (C=O) groups excluding carboxylic acids is 3. The van der Waals surface area contributed by atoms with Crippen molar-refractivity contribution >= 4 is 17.9 Å². The van der Waals surface area contributed by atoms with Crippen LogP contribution >= 0.6 is 0 Å². The number of rotatable bonds is 55. The summed E-state index contributed by atoms with van der Waals surface area (Å²) in [6.45, 7) is 6.34. The van der Waals surface area contributed by atoms with Gasteiger partial charge in [0.25, 0.3) is 0 Å². The van der Waals surface area contributed by atoms with E-state index in [1.807, 2.05) is 0 Å². The predicted octanol–water partition coefficient (Wildman–Crippen LogP) is 21.5. The molecule has 0 heterocycles. The number of allylic oxidation sites excluding steroid dienone is 24. The maximum atomic E-state index is 12.8. The molecule has 0 N–H and O–H groups in total. The number of unbranched alkanes of at least 4 members (excludes halogenated alkanes) is 20. The van der Waals surface area contributed by atoms with E-state index in [0.29, 0.717) is 19.3 Å². The summed E-state index contributed by atoms with van der Waals surface area (Å²) in [4.78, 5) is 38.0. The van der Waals surface area contributed by atoms with Crippen LogP contribution in [0.15, 0.2) is 146 Å². The van der Waals surface area contributed by atoms with E-state index < -0.39 is 6.10 Å². The Morgan fingerprint density at radius 2 is 0.506 bits per heavy atom. The zero-order chi connectivity index (χ0) is 55.7. The lowest BCUT2D eigenvalue weighted by Crippen LogP contribution is -2.30. The minimum absolute atomic E-state index is 0.0919. The number of ether oxygens (including phenoxy) is 3. The van der Waals surface area contributed by atoms with Crippen LogP contribution in [0.1, 0.15) is 265 Å². The third-order valence-corrected chi connectivity index (χ3v) is 12.8. The molecule has 0 fully saturated rings. The van der Waals surface area contributed by atoms with Gasteiger partial charge in [0.2, 0.25) is 0 Å². The Morgan fingerprint density at radius 1 is 0.273 bits per heavy atom. The Labute approximate surface area is 474 Å². The van der Waals surface area contributed by atoms with Gasteiger partial charge in [0.05, 0.1) is 0 Å². The Hall–Kier alpha value is -4.71. The van der Waals surface area contributed by atoms with Crippen molar-refractivity contribution in [2.75, 3.05) is 13.2 Å². The first-order valence-electron chi connectivity index (χ1n) is 31.3. The summed E-state index contributed by atoms with van der Waals surface area (Å²) in [6.07, 6.45) is 91.6. The molecule has 6 nitrogen and oxygen atoms in total. The van der Waals surface area contributed by atoms with Crippen LogP contribution in [0.4, 0.5) is 0 Å². The molecule has 0 aromatic heterocycles. The largest absolute Gasteiger partial charge is 0.462 e. The number of carbonyl (C=O) groups is 3. The fourth-order valence-corrected chi connectivity index (χ4v) is 8.21. The summed E-state index contributed by atoms with van der Waals surface area (Å²) in [5, 5.41) is 0. The zero-order valence-corrected chi connectivity index (χ0v) is 49.7. The molecule has 1 atom stereocenters. The van der Waals surface area contributed by atoms with Gasteiger partial charge in [-0.1, -0.05) is 269 Å². The molecular formula is C71H114O6. The molecule has 0 saturated carbocycles. The molecule has 0 spiro atoms. The smallest absolute Gasteiger partial charge is 0.306 e. The van der Waals surface area contributed by atoms with E-state index in [-0.39, 0.29) is 31.1 Å². The summed E-state index contributed by atoms with van der Waals surface area (Å²) in [5.41, 5.74) is 0. The van der Waals surface area contributed by atoms with Crippen molar-refractivity contribution in [3.05, 3.63) is 146 Å². The molecule has 434 valence electrons. The molecule has 0 aliphatic heterocycles. The fourth-order valence-electron chi connectivity index (χ4n) is 8.21. The highest BCUT2D eigenvalue weighted by Gasteiger charge is 2.19. The number of esters is 3. The van der Waals surface area contributed by atoms with Gasteiger partial charge in [-0.05, 0) is 122 Å². The molecule has 6 heteroatoms. The zero-order valence-electron chi connectivity index (χ0n) is 49.7. The SMILES string of the molecule is CC/C=C\C/C=C\C/C=C\C/C=C\C/C=C\C/C=C\C/C=C\C/C=C\CCCCCCCCCCCCC(=O)OCC(COC(=O)CCCCCCCCC)OC(=O)CCCCCC/C=C\C/C=C\C/C=C\C/C=C\CC. The van der Waals surface area contributed by atoms with Gasteiger partial charge in [-0.15, -0.1) is 0 Å². The predicted molar refractivity (Wildman–Crippen MR) is 334 cm³/mol. The highest BCUT2D eigenvalue weighted by Crippen LogP contribution is 2.15. The quantitative estimate of drug-likeness (QED) is 0.0261. The summed E-state index contributed by atoms with van der Waals surface area (Å²) >= 11 is 0. The third-order valence-electron chi connectivity index (χ3n) is 12.8. The molecule has 77 heavy (non-hydrogen) atoms. The Morgan fingerprint density at radius 3 is 0.792 bits per heavy atom. The lowest BCUT2D eigenvalue weighted by molar-refractivity contribution is -0.167. The van der Waals surface area contributed by atoms with Crippen LogP contribution in [-0.2, 0) is 28.6 Å². The molecule has 0 bridgehead atoms. The lowest BCUT2D eigenvalue weighted by atomic mass is 10.1. The van der Waals surface area contributed by atoms with E-state index in [1.165, 1.54) is 70.6 Å². The second-order valence-electron chi connectivity index (χ2n) is 20.2. The number of hydrogen-bond donors (Lipinski definition) is 0. The first-order chi connectivity index (χ1) is 38.0. The summed E-state index contributed by atoms with van der Waals surface area (Å²) in [5.74, 6) is -0.930. The maximum Gasteiger partial charge on any atom is 0.306 e. The second kappa shape index (κ2) is 63.8. The molecule has 0 aromatic carbocycles. The molecule has 0 aliphatic rings. The van der Waals surface area contributed by atoms with E-state index in [0.717, 1.165) is 154 Å². The van der Waals surface area contributed by atoms with E-state index in [4.69, 9.17) is 14.2 Å². The van der Waals surface area contributed by atoms with Crippen LogP contribution in [0, 0.1) is 0 Å². The van der Waals surface area contributed by atoms with Crippen LogP contribution in [0.3, 0.4) is 0 Å². The van der Waals surface area contributed by atoms with Gasteiger partial charge in [-0.3, -0.25) is 14.4 Å². The minimum atomic E-state index is -0.794.